The van der Waals surface area contributed by atoms with Crippen molar-refractivity contribution in [3.63, 3.8) is 0 Å². The minimum absolute atomic E-state index is 0.138. The van der Waals surface area contributed by atoms with E-state index in [1.807, 2.05) is 6.92 Å². The lowest BCUT2D eigenvalue weighted by atomic mass is 10.0. The minimum atomic E-state index is 0.138. The SMILES string of the molecule is COC(C)Cc1noc(CCC2CCNC2)n1. The summed E-state index contributed by atoms with van der Waals surface area (Å²) in [4.78, 5) is 4.38. The Hall–Kier alpha value is -0.940. The largest absolute Gasteiger partial charge is 0.381 e. The fraction of sp³-hybridized carbons (Fsp3) is 0.833. The molecule has 0 saturated carbocycles. The third-order valence-electron chi connectivity index (χ3n) is 3.31. The lowest BCUT2D eigenvalue weighted by Gasteiger charge is -2.04. The molecule has 17 heavy (non-hydrogen) atoms. The molecule has 1 aliphatic rings. The van der Waals surface area contributed by atoms with Gasteiger partial charge in [0, 0.05) is 20.0 Å². The number of hydrogen-bond donors (Lipinski definition) is 1. The molecular formula is C12H21N3O2. The molecule has 5 heteroatoms. The maximum absolute atomic E-state index is 5.23. The van der Waals surface area contributed by atoms with Gasteiger partial charge in [0.1, 0.15) is 0 Å². The molecule has 2 unspecified atom stereocenters. The summed E-state index contributed by atoms with van der Waals surface area (Å²) in [6.07, 6.45) is 4.14. The number of methoxy groups -OCH3 is 1. The van der Waals surface area contributed by atoms with Gasteiger partial charge in [0.05, 0.1) is 6.10 Å². The normalized spacial score (nSPS) is 21.9. The highest BCUT2D eigenvalue weighted by Gasteiger charge is 2.16. The van der Waals surface area contributed by atoms with Gasteiger partial charge in [-0.15, -0.1) is 0 Å². The molecule has 1 fully saturated rings. The zero-order valence-corrected chi connectivity index (χ0v) is 10.6. The predicted octanol–water partition coefficient (Wildman–Crippen LogP) is 1.19. The zero-order chi connectivity index (χ0) is 12.1. The summed E-state index contributed by atoms with van der Waals surface area (Å²) in [5.41, 5.74) is 0. The van der Waals surface area contributed by atoms with Crippen LogP contribution in [-0.4, -0.2) is 36.4 Å². The summed E-state index contributed by atoms with van der Waals surface area (Å²) in [7, 11) is 1.69. The second-order valence-electron chi connectivity index (χ2n) is 4.75. The Labute approximate surface area is 102 Å². The Morgan fingerprint density at radius 2 is 2.47 bits per heavy atom. The number of hydrogen-bond acceptors (Lipinski definition) is 5. The predicted molar refractivity (Wildman–Crippen MR) is 63.8 cm³/mol. The third kappa shape index (κ3) is 3.78. The van der Waals surface area contributed by atoms with E-state index >= 15 is 0 Å². The van der Waals surface area contributed by atoms with Gasteiger partial charge >= 0.3 is 0 Å². The summed E-state index contributed by atoms with van der Waals surface area (Å²) in [6.45, 7) is 4.27. The molecule has 0 amide bonds. The number of aromatic nitrogens is 2. The molecule has 96 valence electrons. The van der Waals surface area contributed by atoms with Crippen molar-refractivity contribution in [1.29, 1.82) is 0 Å². The van der Waals surface area contributed by atoms with Crippen LogP contribution in [0.4, 0.5) is 0 Å². The Morgan fingerprint density at radius 1 is 1.59 bits per heavy atom. The highest BCUT2D eigenvalue weighted by molar-refractivity contribution is 4.89. The van der Waals surface area contributed by atoms with Gasteiger partial charge in [0.25, 0.3) is 0 Å². The highest BCUT2D eigenvalue weighted by atomic mass is 16.5. The van der Waals surface area contributed by atoms with Crippen molar-refractivity contribution in [3.8, 4) is 0 Å². The summed E-state index contributed by atoms with van der Waals surface area (Å²) in [6, 6.07) is 0. The molecule has 0 spiro atoms. The van der Waals surface area contributed by atoms with E-state index in [0.29, 0.717) is 6.42 Å². The van der Waals surface area contributed by atoms with Gasteiger partial charge in [-0.2, -0.15) is 4.98 Å². The summed E-state index contributed by atoms with van der Waals surface area (Å²) in [5, 5.41) is 7.33. The average Bonchev–Trinajstić information content (AvgIpc) is 2.97. The first-order valence-electron chi connectivity index (χ1n) is 6.33. The van der Waals surface area contributed by atoms with Crippen LogP contribution in [0.2, 0.25) is 0 Å². The molecular weight excluding hydrogens is 218 g/mol. The molecule has 0 radical (unpaired) electrons. The standard InChI is InChI=1S/C12H21N3O2/c1-9(16-2)7-11-14-12(17-15-11)4-3-10-5-6-13-8-10/h9-10,13H,3-8H2,1-2H3. The van der Waals surface area contributed by atoms with E-state index in [-0.39, 0.29) is 6.10 Å². The summed E-state index contributed by atoms with van der Waals surface area (Å²) < 4.78 is 10.4. The van der Waals surface area contributed by atoms with E-state index in [4.69, 9.17) is 9.26 Å². The molecule has 1 aromatic heterocycles. The Morgan fingerprint density at radius 3 is 3.18 bits per heavy atom. The summed E-state index contributed by atoms with van der Waals surface area (Å²) in [5.74, 6) is 2.28. The van der Waals surface area contributed by atoms with Gasteiger partial charge in [-0.3, -0.25) is 0 Å². The number of aryl methyl sites for hydroxylation is 1. The Balaban J connectivity index is 1.77. The van der Waals surface area contributed by atoms with E-state index in [1.54, 1.807) is 7.11 Å². The van der Waals surface area contributed by atoms with Crippen molar-refractivity contribution in [1.82, 2.24) is 15.5 Å². The van der Waals surface area contributed by atoms with Crippen molar-refractivity contribution in [2.45, 2.75) is 38.7 Å². The van der Waals surface area contributed by atoms with E-state index < -0.39 is 0 Å². The number of rotatable bonds is 6. The van der Waals surface area contributed by atoms with Crippen LogP contribution in [0.3, 0.4) is 0 Å². The average molecular weight is 239 g/mol. The van der Waals surface area contributed by atoms with Crippen LogP contribution in [0, 0.1) is 5.92 Å². The quantitative estimate of drug-likeness (QED) is 0.808. The van der Waals surface area contributed by atoms with Gasteiger partial charge < -0.3 is 14.6 Å². The Bertz CT molecular complexity index is 334. The van der Waals surface area contributed by atoms with Gasteiger partial charge in [-0.05, 0) is 38.8 Å². The Kier molecular flexibility index (Phi) is 4.50. The minimum Gasteiger partial charge on any atom is -0.381 e. The first-order valence-corrected chi connectivity index (χ1v) is 6.33. The first-order chi connectivity index (χ1) is 8.28. The van der Waals surface area contributed by atoms with E-state index in [9.17, 15) is 0 Å². The molecule has 0 aromatic carbocycles. The molecule has 0 aliphatic carbocycles. The highest BCUT2D eigenvalue weighted by Crippen LogP contribution is 2.15. The van der Waals surface area contributed by atoms with Gasteiger partial charge in [-0.25, -0.2) is 0 Å². The van der Waals surface area contributed by atoms with Crippen molar-refractivity contribution in [2.75, 3.05) is 20.2 Å². The molecule has 1 aromatic rings. The van der Waals surface area contributed by atoms with Gasteiger partial charge in [-0.1, -0.05) is 5.16 Å². The first kappa shape index (κ1) is 12.5. The van der Waals surface area contributed by atoms with E-state index in [0.717, 1.165) is 43.6 Å². The van der Waals surface area contributed by atoms with Gasteiger partial charge in [0.15, 0.2) is 5.82 Å². The molecule has 2 heterocycles. The molecule has 1 saturated heterocycles. The molecule has 0 bridgehead atoms. The number of ether oxygens (including phenoxy) is 1. The van der Waals surface area contributed by atoms with E-state index in [1.165, 1.54) is 6.42 Å². The van der Waals surface area contributed by atoms with Gasteiger partial charge in [0.2, 0.25) is 5.89 Å². The van der Waals surface area contributed by atoms with Crippen LogP contribution >= 0.6 is 0 Å². The number of nitrogens with zero attached hydrogens (tertiary/aromatic N) is 2. The van der Waals surface area contributed by atoms with Crippen LogP contribution in [0.5, 0.6) is 0 Å². The van der Waals surface area contributed by atoms with Crippen LogP contribution in [0.15, 0.2) is 4.52 Å². The monoisotopic (exact) mass is 239 g/mol. The topological polar surface area (TPSA) is 60.2 Å². The fourth-order valence-corrected chi connectivity index (χ4v) is 2.10. The smallest absolute Gasteiger partial charge is 0.226 e. The second-order valence-corrected chi connectivity index (χ2v) is 4.75. The molecule has 5 nitrogen and oxygen atoms in total. The lowest BCUT2D eigenvalue weighted by molar-refractivity contribution is 0.116. The van der Waals surface area contributed by atoms with Crippen LogP contribution in [0.25, 0.3) is 0 Å². The number of nitrogens with one attached hydrogen (secondary N) is 1. The zero-order valence-electron chi connectivity index (χ0n) is 10.6. The second kappa shape index (κ2) is 6.12. The van der Waals surface area contributed by atoms with Crippen LogP contribution in [-0.2, 0) is 17.6 Å². The lowest BCUT2D eigenvalue weighted by Crippen LogP contribution is -2.10. The molecule has 2 rings (SSSR count). The summed E-state index contributed by atoms with van der Waals surface area (Å²) >= 11 is 0. The maximum Gasteiger partial charge on any atom is 0.226 e. The van der Waals surface area contributed by atoms with Crippen molar-refractivity contribution < 1.29 is 9.26 Å². The third-order valence-corrected chi connectivity index (χ3v) is 3.31. The fourth-order valence-electron chi connectivity index (χ4n) is 2.10. The maximum atomic E-state index is 5.23. The molecule has 1 aliphatic heterocycles. The molecule has 1 N–H and O–H groups in total. The molecule has 2 atom stereocenters. The van der Waals surface area contributed by atoms with Crippen molar-refractivity contribution in [2.24, 2.45) is 5.92 Å². The van der Waals surface area contributed by atoms with E-state index in [2.05, 4.69) is 15.5 Å². The van der Waals surface area contributed by atoms with Crippen LogP contribution in [0.1, 0.15) is 31.5 Å². The van der Waals surface area contributed by atoms with Crippen molar-refractivity contribution >= 4 is 0 Å². The van der Waals surface area contributed by atoms with Crippen molar-refractivity contribution in [3.05, 3.63) is 11.7 Å². The van der Waals surface area contributed by atoms with Crippen LogP contribution < -0.4 is 5.32 Å².